The van der Waals surface area contributed by atoms with Crippen molar-refractivity contribution >= 4 is 21.6 Å². The fraction of sp³-hybridized carbons (Fsp3) is 0.455. The van der Waals surface area contributed by atoms with Gasteiger partial charge in [0.1, 0.15) is 10.7 Å². The monoisotopic (exact) mass is 384 g/mol. The summed E-state index contributed by atoms with van der Waals surface area (Å²) in [6.45, 7) is 11.7. The summed E-state index contributed by atoms with van der Waals surface area (Å²) in [4.78, 5) is 20.1. The second-order valence-corrected chi connectivity index (χ2v) is 9.08. The summed E-state index contributed by atoms with van der Waals surface area (Å²) < 4.78 is 6.96. The van der Waals surface area contributed by atoms with Gasteiger partial charge in [-0.3, -0.25) is 9.36 Å². The molecule has 2 aromatic heterocycles. The van der Waals surface area contributed by atoms with Crippen LogP contribution in [0, 0.1) is 6.92 Å². The molecule has 0 bridgehead atoms. The first-order valence-electron chi connectivity index (χ1n) is 9.40. The summed E-state index contributed by atoms with van der Waals surface area (Å²) >= 11 is 1.60. The molecule has 3 aromatic rings. The number of aryl methyl sites for hydroxylation is 2. The second-order valence-electron chi connectivity index (χ2n) is 7.87. The molecule has 3 rings (SSSR count). The van der Waals surface area contributed by atoms with E-state index < -0.39 is 0 Å². The third kappa shape index (κ3) is 3.71. The van der Waals surface area contributed by atoms with Gasteiger partial charge in [-0.1, -0.05) is 52.0 Å². The molecule has 0 fully saturated rings. The molecule has 0 saturated heterocycles. The minimum Gasteiger partial charge on any atom is -0.383 e. The van der Waals surface area contributed by atoms with Gasteiger partial charge < -0.3 is 4.74 Å². The molecule has 0 unspecified atom stereocenters. The molecule has 4 nitrogen and oxygen atoms in total. The highest BCUT2D eigenvalue weighted by atomic mass is 32.1. The molecule has 0 aliphatic rings. The van der Waals surface area contributed by atoms with Crippen LogP contribution in [0.1, 0.15) is 44.0 Å². The van der Waals surface area contributed by atoms with Crippen LogP contribution in [0.25, 0.3) is 21.3 Å². The molecule has 0 aliphatic carbocycles. The summed E-state index contributed by atoms with van der Waals surface area (Å²) in [6, 6.07) is 8.58. The van der Waals surface area contributed by atoms with Crippen LogP contribution >= 0.6 is 11.3 Å². The van der Waals surface area contributed by atoms with Crippen molar-refractivity contribution in [2.24, 2.45) is 0 Å². The highest BCUT2D eigenvalue weighted by molar-refractivity contribution is 7.19. The van der Waals surface area contributed by atoms with Crippen molar-refractivity contribution in [2.75, 3.05) is 13.7 Å². The van der Waals surface area contributed by atoms with Crippen molar-refractivity contribution in [3.05, 3.63) is 50.9 Å². The highest BCUT2D eigenvalue weighted by Gasteiger charge is 2.20. The number of nitrogens with zero attached hydrogens (tertiary/aromatic N) is 2. The molecular weight excluding hydrogens is 356 g/mol. The molecule has 0 N–H and O–H groups in total. The van der Waals surface area contributed by atoms with Gasteiger partial charge in [0.25, 0.3) is 5.56 Å². The van der Waals surface area contributed by atoms with E-state index in [0.717, 1.165) is 38.5 Å². The van der Waals surface area contributed by atoms with Gasteiger partial charge in [0.15, 0.2) is 0 Å². The largest absolute Gasteiger partial charge is 0.383 e. The molecule has 0 aliphatic heterocycles. The Morgan fingerprint density at radius 1 is 1.19 bits per heavy atom. The van der Waals surface area contributed by atoms with Gasteiger partial charge in [0.05, 0.1) is 18.5 Å². The molecule has 144 valence electrons. The first-order chi connectivity index (χ1) is 12.8. The standard InChI is InChI=1S/C22H28N2O2S/c1-7-17-23-20-19(21(25)24(17)12-13-26-6)18(14(2)27-20)15-8-10-16(11-9-15)22(3,4)5/h8-11H,7,12-13H2,1-6H3. The summed E-state index contributed by atoms with van der Waals surface area (Å²) in [5, 5.41) is 0.731. The van der Waals surface area contributed by atoms with Gasteiger partial charge >= 0.3 is 0 Å². The maximum Gasteiger partial charge on any atom is 0.262 e. The Hall–Kier alpha value is -1.98. The van der Waals surface area contributed by atoms with Crippen LogP contribution in [0.4, 0.5) is 0 Å². The van der Waals surface area contributed by atoms with E-state index in [9.17, 15) is 4.79 Å². The number of hydrogen-bond donors (Lipinski definition) is 0. The third-order valence-corrected chi connectivity index (χ3v) is 5.94. The average molecular weight is 385 g/mol. The summed E-state index contributed by atoms with van der Waals surface area (Å²) in [5.41, 5.74) is 3.52. The SMILES string of the molecule is CCc1nc2sc(C)c(-c3ccc(C(C)(C)C)cc3)c2c(=O)n1CCOC. The number of benzene rings is 1. The summed E-state index contributed by atoms with van der Waals surface area (Å²) in [7, 11) is 1.65. The van der Waals surface area contributed by atoms with Crippen molar-refractivity contribution in [1.29, 1.82) is 0 Å². The second kappa shape index (κ2) is 7.56. The molecule has 1 aromatic carbocycles. The van der Waals surface area contributed by atoms with Gasteiger partial charge in [-0.25, -0.2) is 4.98 Å². The van der Waals surface area contributed by atoms with E-state index in [0.29, 0.717) is 13.2 Å². The molecule has 0 saturated carbocycles. The van der Waals surface area contributed by atoms with E-state index in [2.05, 4.69) is 52.0 Å². The first kappa shape index (κ1) is 19.8. The number of fused-ring (bicyclic) bond motifs is 1. The smallest absolute Gasteiger partial charge is 0.262 e. The number of thiophene rings is 1. The van der Waals surface area contributed by atoms with Crippen LogP contribution < -0.4 is 5.56 Å². The summed E-state index contributed by atoms with van der Waals surface area (Å²) in [5.74, 6) is 0.820. The van der Waals surface area contributed by atoms with Crippen molar-refractivity contribution in [3.63, 3.8) is 0 Å². The van der Waals surface area contributed by atoms with Crippen LogP contribution in [0.5, 0.6) is 0 Å². The Balaban J connectivity index is 2.21. The first-order valence-corrected chi connectivity index (χ1v) is 10.2. The predicted molar refractivity (Wildman–Crippen MR) is 114 cm³/mol. The van der Waals surface area contributed by atoms with Crippen LogP contribution in [0.3, 0.4) is 0 Å². The van der Waals surface area contributed by atoms with E-state index in [-0.39, 0.29) is 11.0 Å². The maximum atomic E-state index is 13.3. The lowest BCUT2D eigenvalue weighted by Gasteiger charge is -2.19. The number of rotatable bonds is 5. The molecule has 2 heterocycles. The Labute approximate surface area is 164 Å². The molecule has 0 spiro atoms. The van der Waals surface area contributed by atoms with Crippen LogP contribution in [0.15, 0.2) is 29.1 Å². The molecule has 0 radical (unpaired) electrons. The van der Waals surface area contributed by atoms with Gasteiger partial charge in [0.2, 0.25) is 0 Å². The Morgan fingerprint density at radius 3 is 2.41 bits per heavy atom. The van der Waals surface area contributed by atoms with E-state index >= 15 is 0 Å². The Bertz CT molecular complexity index is 1010. The van der Waals surface area contributed by atoms with Crippen molar-refractivity contribution < 1.29 is 4.74 Å². The van der Waals surface area contributed by atoms with Gasteiger partial charge in [-0.2, -0.15) is 0 Å². The van der Waals surface area contributed by atoms with E-state index in [1.165, 1.54) is 5.56 Å². The Morgan fingerprint density at radius 2 is 1.85 bits per heavy atom. The Kier molecular flexibility index (Phi) is 5.54. The zero-order chi connectivity index (χ0) is 19.8. The predicted octanol–water partition coefficient (Wildman–Crippen LogP) is 4.94. The molecular formula is C22H28N2O2S. The van der Waals surface area contributed by atoms with Gasteiger partial charge in [-0.05, 0) is 23.5 Å². The van der Waals surface area contributed by atoms with Crippen molar-refractivity contribution in [2.45, 2.75) is 53.0 Å². The zero-order valence-corrected chi connectivity index (χ0v) is 17.9. The number of ether oxygens (including phenoxy) is 1. The maximum absolute atomic E-state index is 13.3. The van der Waals surface area contributed by atoms with Crippen LogP contribution in [-0.4, -0.2) is 23.3 Å². The van der Waals surface area contributed by atoms with E-state index in [1.54, 1.807) is 23.0 Å². The quantitative estimate of drug-likeness (QED) is 0.626. The minimum atomic E-state index is 0.0353. The minimum absolute atomic E-state index is 0.0353. The topological polar surface area (TPSA) is 44.1 Å². The van der Waals surface area contributed by atoms with Crippen molar-refractivity contribution in [1.82, 2.24) is 9.55 Å². The zero-order valence-electron chi connectivity index (χ0n) is 17.0. The fourth-order valence-corrected chi connectivity index (χ4v) is 4.46. The molecule has 0 atom stereocenters. The lowest BCUT2D eigenvalue weighted by Crippen LogP contribution is -2.26. The van der Waals surface area contributed by atoms with Crippen LogP contribution in [0.2, 0.25) is 0 Å². The number of methoxy groups -OCH3 is 1. The average Bonchev–Trinajstić information content (AvgIpc) is 2.96. The normalized spacial score (nSPS) is 12.1. The lowest BCUT2D eigenvalue weighted by molar-refractivity contribution is 0.185. The third-order valence-electron chi connectivity index (χ3n) is 4.94. The summed E-state index contributed by atoms with van der Waals surface area (Å²) in [6.07, 6.45) is 0.724. The number of aromatic nitrogens is 2. The molecule has 27 heavy (non-hydrogen) atoms. The van der Waals surface area contributed by atoms with E-state index in [4.69, 9.17) is 9.72 Å². The van der Waals surface area contributed by atoms with E-state index in [1.807, 2.05) is 6.92 Å². The fourth-order valence-electron chi connectivity index (χ4n) is 3.40. The molecule has 5 heteroatoms. The van der Waals surface area contributed by atoms with Crippen molar-refractivity contribution in [3.8, 4) is 11.1 Å². The van der Waals surface area contributed by atoms with Gasteiger partial charge in [-0.15, -0.1) is 11.3 Å². The van der Waals surface area contributed by atoms with Gasteiger partial charge in [0, 0.05) is 24.0 Å². The highest BCUT2D eigenvalue weighted by Crippen LogP contribution is 2.36. The number of hydrogen-bond acceptors (Lipinski definition) is 4. The lowest BCUT2D eigenvalue weighted by atomic mass is 9.86. The molecule has 0 amide bonds. The van der Waals surface area contributed by atoms with Crippen LogP contribution in [-0.2, 0) is 23.1 Å².